The number of carbonyl (C=O) groups is 1. The lowest BCUT2D eigenvalue weighted by molar-refractivity contribution is -0.130. The Morgan fingerprint density at radius 3 is 2.67 bits per heavy atom. The molecule has 6 heteroatoms. The van der Waals surface area contributed by atoms with Gasteiger partial charge in [-0.1, -0.05) is 49.9 Å². The lowest BCUT2D eigenvalue weighted by Crippen LogP contribution is -2.40. The number of aromatic nitrogens is 2. The van der Waals surface area contributed by atoms with Gasteiger partial charge in [0.05, 0.1) is 22.3 Å². The van der Waals surface area contributed by atoms with Crippen LogP contribution in [0.2, 0.25) is 0 Å². The van der Waals surface area contributed by atoms with E-state index in [4.69, 9.17) is 4.98 Å². The Bertz CT molecular complexity index is 1110. The van der Waals surface area contributed by atoms with Gasteiger partial charge in [0.15, 0.2) is 5.16 Å². The van der Waals surface area contributed by atoms with E-state index in [1.807, 2.05) is 47.4 Å². The van der Waals surface area contributed by atoms with Gasteiger partial charge in [-0.15, -0.1) is 0 Å². The second-order valence-corrected chi connectivity index (χ2v) is 8.89. The second kappa shape index (κ2) is 9.04. The molecule has 1 aliphatic rings. The van der Waals surface area contributed by atoms with E-state index in [0.717, 1.165) is 31.6 Å². The topological polar surface area (TPSA) is 55.2 Å². The van der Waals surface area contributed by atoms with E-state index in [1.165, 1.54) is 23.7 Å². The number of nitrogens with zero attached hydrogens (tertiary/aromatic N) is 3. The minimum Gasteiger partial charge on any atom is -0.342 e. The first-order valence-corrected chi connectivity index (χ1v) is 11.6. The summed E-state index contributed by atoms with van der Waals surface area (Å²) in [6.45, 7) is 5.93. The molecule has 156 valence electrons. The van der Waals surface area contributed by atoms with Gasteiger partial charge in [0.2, 0.25) is 5.91 Å². The van der Waals surface area contributed by atoms with Crippen LogP contribution in [0.4, 0.5) is 0 Å². The fourth-order valence-electron chi connectivity index (χ4n) is 3.95. The number of piperidine rings is 1. The van der Waals surface area contributed by atoms with Crippen molar-refractivity contribution in [3.8, 4) is 5.69 Å². The van der Waals surface area contributed by atoms with Crippen molar-refractivity contribution in [1.82, 2.24) is 14.5 Å². The van der Waals surface area contributed by atoms with Crippen LogP contribution in [0.1, 0.15) is 32.3 Å². The van der Waals surface area contributed by atoms with Crippen LogP contribution >= 0.6 is 11.8 Å². The zero-order valence-corrected chi connectivity index (χ0v) is 18.3. The maximum atomic E-state index is 13.3. The van der Waals surface area contributed by atoms with Crippen molar-refractivity contribution in [2.75, 3.05) is 18.8 Å². The number of amides is 1. The summed E-state index contributed by atoms with van der Waals surface area (Å²) in [5.41, 5.74) is 2.54. The van der Waals surface area contributed by atoms with Gasteiger partial charge < -0.3 is 4.90 Å². The van der Waals surface area contributed by atoms with Crippen LogP contribution in [0.5, 0.6) is 0 Å². The number of aryl methyl sites for hydroxylation is 1. The van der Waals surface area contributed by atoms with E-state index < -0.39 is 0 Å². The molecular formula is C24H27N3O2S. The molecular weight excluding hydrogens is 394 g/mol. The number of hydrogen-bond acceptors (Lipinski definition) is 4. The van der Waals surface area contributed by atoms with Crippen LogP contribution in [-0.2, 0) is 11.2 Å². The Labute approximate surface area is 181 Å². The van der Waals surface area contributed by atoms with Gasteiger partial charge in [-0.25, -0.2) is 4.98 Å². The van der Waals surface area contributed by atoms with Gasteiger partial charge in [-0.2, -0.15) is 0 Å². The standard InChI is InChI=1S/C24H27N3O2S/c1-3-18-10-12-19(13-11-18)27-23(29)20-8-4-5-9-21(20)25-24(27)30-16-22(28)26-14-6-7-17(2)15-26/h4-5,8-13,17H,3,6-7,14-16H2,1-2H3/t17-/m0/s1. The van der Waals surface area contributed by atoms with Crippen molar-refractivity contribution in [2.24, 2.45) is 5.92 Å². The van der Waals surface area contributed by atoms with Gasteiger partial charge in [-0.3, -0.25) is 14.2 Å². The molecule has 0 radical (unpaired) electrons. The molecule has 5 nitrogen and oxygen atoms in total. The molecule has 1 atom stereocenters. The molecule has 0 bridgehead atoms. The molecule has 0 N–H and O–H groups in total. The number of benzene rings is 2. The van der Waals surface area contributed by atoms with Crippen LogP contribution in [-0.4, -0.2) is 39.2 Å². The summed E-state index contributed by atoms with van der Waals surface area (Å²) < 4.78 is 1.64. The molecule has 4 rings (SSSR count). The Morgan fingerprint density at radius 2 is 1.93 bits per heavy atom. The number of thioether (sulfide) groups is 1. The second-order valence-electron chi connectivity index (χ2n) is 7.95. The Hall–Kier alpha value is -2.60. The third-order valence-corrected chi connectivity index (χ3v) is 6.61. The number of para-hydroxylation sites is 1. The Kier molecular flexibility index (Phi) is 6.23. The highest BCUT2D eigenvalue weighted by molar-refractivity contribution is 7.99. The van der Waals surface area contributed by atoms with Crippen molar-refractivity contribution < 1.29 is 4.79 Å². The smallest absolute Gasteiger partial charge is 0.266 e. The molecule has 30 heavy (non-hydrogen) atoms. The first kappa shape index (κ1) is 20.7. The number of rotatable bonds is 5. The summed E-state index contributed by atoms with van der Waals surface area (Å²) >= 11 is 1.34. The van der Waals surface area contributed by atoms with Crippen LogP contribution in [0.25, 0.3) is 16.6 Å². The van der Waals surface area contributed by atoms with Crippen molar-refractivity contribution >= 4 is 28.6 Å². The molecule has 0 unspecified atom stereocenters. The van der Waals surface area contributed by atoms with Crippen LogP contribution in [0, 0.1) is 5.92 Å². The van der Waals surface area contributed by atoms with Crippen LogP contribution < -0.4 is 5.56 Å². The molecule has 1 fully saturated rings. The zero-order chi connectivity index (χ0) is 21.1. The number of hydrogen-bond donors (Lipinski definition) is 0. The van der Waals surface area contributed by atoms with Gasteiger partial charge in [-0.05, 0) is 55.0 Å². The SMILES string of the molecule is CCc1ccc(-n2c(SCC(=O)N3CCC[C@H](C)C3)nc3ccccc3c2=O)cc1. The minimum absolute atomic E-state index is 0.105. The average Bonchev–Trinajstić information content (AvgIpc) is 2.78. The molecule has 0 saturated carbocycles. The van der Waals surface area contributed by atoms with E-state index in [2.05, 4.69) is 13.8 Å². The van der Waals surface area contributed by atoms with E-state index in [1.54, 1.807) is 10.6 Å². The van der Waals surface area contributed by atoms with Gasteiger partial charge in [0, 0.05) is 13.1 Å². The molecule has 2 aromatic carbocycles. The van der Waals surface area contributed by atoms with E-state index in [9.17, 15) is 9.59 Å². The number of fused-ring (bicyclic) bond motifs is 1. The van der Waals surface area contributed by atoms with E-state index in [-0.39, 0.29) is 17.2 Å². The lowest BCUT2D eigenvalue weighted by atomic mass is 10.0. The first-order chi connectivity index (χ1) is 14.6. The summed E-state index contributed by atoms with van der Waals surface area (Å²) in [6, 6.07) is 15.4. The normalized spacial score (nSPS) is 16.7. The zero-order valence-electron chi connectivity index (χ0n) is 17.5. The van der Waals surface area contributed by atoms with Gasteiger partial charge >= 0.3 is 0 Å². The van der Waals surface area contributed by atoms with Crippen molar-refractivity contribution in [3.05, 3.63) is 64.4 Å². The molecule has 3 aromatic rings. The quantitative estimate of drug-likeness (QED) is 0.455. The number of carbonyl (C=O) groups excluding carboxylic acids is 1. The molecule has 0 aliphatic carbocycles. The number of likely N-dealkylation sites (tertiary alicyclic amines) is 1. The highest BCUT2D eigenvalue weighted by Crippen LogP contribution is 2.23. The Morgan fingerprint density at radius 1 is 1.17 bits per heavy atom. The third kappa shape index (κ3) is 4.29. The maximum Gasteiger partial charge on any atom is 0.266 e. The van der Waals surface area contributed by atoms with Crippen LogP contribution in [0.15, 0.2) is 58.5 Å². The van der Waals surface area contributed by atoms with Crippen molar-refractivity contribution in [1.29, 1.82) is 0 Å². The van der Waals surface area contributed by atoms with Crippen LogP contribution in [0.3, 0.4) is 0 Å². The van der Waals surface area contributed by atoms with Gasteiger partial charge in [0.25, 0.3) is 5.56 Å². The molecule has 0 spiro atoms. The first-order valence-electron chi connectivity index (χ1n) is 10.6. The summed E-state index contributed by atoms with van der Waals surface area (Å²) in [5, 5.41) is 1.14. The summed E-state index contributed by atoms with van der Waals surface area (Å²) in [6.07, 6.45) is 3.17. The van der Waals surface area contributed by atoms with E-state index in [0.29, 0.717) is 22.0 Å². The molecule has 2 heterocycles. The summed E-state index contributed by atoms with van der Waals surface area (Å²) in [5.74, 6) is 0.938. The minimum atomic E-state index is -0.105. The van der Waals surface area contributed by atoms with E-state index >= 15 is 0 Å². The summed E-state index contributed by atoms with van der Waals surface area (Å²) in [4.78, 5) is 32.8. The maximum absolute atomic E-state index is 13.3. The molecule has 1 aromatic heterocycles. The lowest BCUT2D eigenvalue weighted by Gasteiger charge is -2.30. The fraction of sp³-hybridized carbons (Fsp3) is 0.375. The van der Waals surface area contributed by atoms with Gasteiger partial charge in [0.1, 0.15) is 0 Å². The predicted octanol–water partition coefficient (Wildman–Crippen LogP) is 4.30. The Balaban J connectivity index is 1.68. The predicted molar refractivity (Wildman–Crippen MR) is 122 cm³/mol. The van der Waals surface area contributed by atoms with Crippen molar-refractivity contribution in [2.45, 2.75) is 38.3 Å². The third-order valence-electron chi connectivity index (χ3n) is 5.68. The summed E-state index contributed by atoms with van der Waals surface area (Å²) in [7, 11) is 0. The fourth-order valence-corrected chi connectivity index (χ4v) is 4.87. The highest BCUT2D eigenvalue weighted by atomic mass is 32.2. The molecule has 1 aliphatic heterocycles. The average molecular weight is 422 g/mol. The monoisotopic (exact) mass is 421 g/mol. The highest BCUT2D eigenvalue weighted by Gasteiger charge is 2.22. The largest absolute Gasteiger partial charge is 0.342 e. The van der Waals surface area contributed by atoms with Crippen molar-refractivity contribution in [3.63, 3.8) is 0 Å². The molecule has 1 saturated heterocycles. The molecule has 1 amide bonds.